The number of carbonyl (C=O) groups is 2. The van der Waals surface area contributed by atoms with Crippen LogP contribution < -0.4 is 15.4 Å². The van der Waals surface area contributed by atoms with E-state index in [1.807, 2.05) is 4.90 Å². The second kappa shape index (κ2) is 8.20. The number of nitrogens with zero attached hydrogens (tertiary/aromatic N) is 1. The highest BCUT2D eigenvalue weighted by molar-refractivity contribution is 5.95. The molecular formula is C17H21N3O3. The second-order valence-electron chi connectivity index (χ2n) is 5.33. The Morgan fingerprint density at radius 3 is 2.78 bits per heavy atom. The molecule has 1 aliphatic rings. The van der Waals surface area contributed by atoms with E-state index in [0.29, 0.717) is 5.69 Å². The second-order valence-corrected chi connectivity index (χ2v) is 5.33. The van der Waals surface area contributed by atoms with Crippen LogP contribution >= 0.6 is 0 Å². The third-order valence-electron chi connectivity index (χ3n) is 3.76. The molecule has 1 aromatic carbocycles. The van der Waals surface area contributed by atoms with Gasteiger partial charge in [0.05, 0.1) is 26.2 Å². The van der Waals surface area contributed by atoms with Gasteiger partial charge in [-0.2, -0.15) is 0 Å². The molecule has 2 amide bonds. The molecule has 0 radical (unpaired) electrons. The number of benzene rings is 1. The van der Waals surface area contributed by atoms with Crippen molar-refractivity contribution in [3.05, 3.63) is 24.3 Å². The van der Waals surface area contributed by atoms with Crippen LogP contribution in [0.3, 0.4) is 0 Å². The van der Waals surface area contributed by atoms with Crippen LogP contribution in [-0.2, 0) is 9.59 Å². The Kier molecular flexibility index (Phi) is 6.01. The van der Waals surface area contributed by atoms with Crippen molar-refractivity contribution in [1.29, 1.82) is 0 Å². The van der Waals surface area contributed by atoms with Crippen molar-refractivity contribution in [2.75, 3.05) is 32.1 Å². The largest absolute Gasteiger partial charge is 0.497 e. The molecule has 23 heavy (non-hydrogen) atoms. The van der Waals surface area contributed by atoms with Gasteiger partial charge in [-0.05, 0) is 43.7 Å². The quantitative estimate of drug-likeness (QED) is 0.764. The zero-order valence-electron chi connectivity index (χ0n) is 13.2. The molecule has 1 aliphatic heterocycles. The van der Waals surface area contributed by atoms with E-state index >= 15 is 0 Å². The summed E-state index contributed by atoms with van der Waals surface area (Å²) in [6.07, 6.45) is 6.75. The predicted molar refractivity (Wildman–Crippen MR) is 88.1 cm³/mol. The molecule has 1 atom stereocenters. The zero-order valence-corrected chi connectivity index (χ0v) is 13.2. The molecule has 2 N–H and O–H groups in total. The van der Waals surface area contributed by atoms with E-state index in [-0.39, 0.29) is 30.9 Å². The van der Waals surface area contributed by atoms with Gasteiger partial charge in [-0.3, -0.25) is 14.5 Å². The molecule has 122 valence electrons. The molecule has 6 nitrogen and oxygen atoms in total. The monoisotopic (exact) mass is 315 g/mol. The molecule has 2 rings (SSSR count). The van der Waals surface area contributed by atoms with Gasteiger partial charge in [0.1, 0.15) is 5.75 Å². The fourth-order valence-electron chi connectivity index (χ4n) is 2.60. The maximum Gasteiger partial charge on any atom is 0.241 e. The first kappa shape index (κ1) is 16.8. The topological polar surface area (TPSA) is 70.7 Å². The summed E-state index contributed by atoms with van der Waals surface area (Å²) in [6.45, 7) is 1.11. The van der Waals surface area contributed by atoms with E-state index in [9.17, 15) is 9.59 Å². The number of ether oxygens (including phenoxy) is 1. The van der Waals surface area contributed by atoms with Crippen LogP contribution in [0.25, 0.3) is 0 Å². The van der Waals surface area contributed by atoms with Crippen LogP contribution in [0.4, 0.5) is 5.69 Å². The van der Waals surface area contributed by atoms with Crippen LogP contribution in [0, 0.1) is 12.3 Å². The lowest BCUT2D eigenvalue weighted by atomic mass is 10.2. The lowest BCUT2D eigenvalue weighted by Gasteiger charge is -2.23. The highest BCUT2D eigenvalue weighted by Crippen LogP contribution is 2.20. The van der Waals surface area contributed by atoms with Gasteiger partial charge < -0.3 is 15.4 Å². The van der Waals surface area contributed by atoms with Gasteiger partial charge in [-0.15, -0.1) is 6.42 Å². The Labute approximate surface area is 136 Å². The Morgan fingerprint density at radius 2 is 2.13 bits per heavy atom. The van der Waals surface area contributed by atoms with Gasteiger partial charge in [0, 0.05) is 5.69 Å². The van der Waals surface area contributed by atoms with Crippen molar-refractivity contribution < 1.29 is 14.3 Å². The minimum atomic E-state index is -0.298. The van der Waals surface area contributed by atoms with Crippen LogP contribution in [0.1, 0.15) is 12.8 Å². The maximum absolute atomic E-state index is 12.4. The summed E-state index contributed by atoms with van der Waals surface area (Å²) in [5, 5.41) is 5.50. The SMILES string of the molecule is C#CCNC(=O)CN1CCC[C@H]1C(=O)Nc1ccc(OC)cc1. The summed E-state index contributed by atoms with van der Waals surface area (Å²) >= 11 is 0. The molecule has 0 spiro atoms. The Morgan fingerprint density at radius 1 is 1.39 bits per heavy atom. The number of hydrogen-bond donors (Lipinski definition) is 2. The first-order chi connectivity index (χ1) is 11.1. The van der Waals surface area contributed by atoms with E-state index in [4.69, 9.17) is 11.2 Å². The van der Waals surface area contributed by atoms with Gasteiger partial charge in [0.25, 0.3) is 0 Å². The number of methoxy groups -OCH3 is 1. The van der Waals surface area contributed by atoms with Crippen LogP contribution in [0.15, 0.2) is 24.3 Å². The first-order valence-corrected chi connectivity index (χ1v) is 7.53. The third-order valence-corrected chi connectivity index (χ3v) is 3.76. The number of hydrogen-bond acceptors (Lipinski definition) is 4. The van der Waals surface area contributed by atoms with E-state index in [1.54, 1.807) is 31.4 Å². The van der Waals surface area contributed by atoms with Crippen LogP contribution in [-0.4, -0.2) is 49.5 Å². The molecule has 0 aliphatic carbocycles. The number of nitrogens with one attached hydrogen (secondary N) is 2. The van der Waals surface area contributed by atoms with Gasteiger partial charge in [-0.25, -0.2) is 0 Å². The van der Waals surface area contributed by atoms with Crippen molar-refractivity contribution in [1.82, 2.24) is 10.2 Å². The smallest absolute Gasteiger partial charge is 0.241 e. The number of amides is 2. The first-order valence-electron chi connectivity index (χ1n) is 7.53. The van der Waals surface area contributed by atoms with Gasteiger partial charge in [0.2, 0.25) is 11.8 Å². The average molecular weight is 315 g/mol. The average Bonchev–Trinajstić information content (AvgIpc) is 3.01. The zero-order chi connectivity index (χ0) is 16.7. The fraction of sp³-hybridized carbons (Fsp3) is 0.412. The highest BCUT2D eigenvalue weighted by atomic mass is 16.5. The number of likely N-dealkylation sites (tertiary alicyclic amines) is 1. The Balaban J connectivity index is 1.91. The van der Waals surface area contributed by atoms with Gasteiger partial charge >= 0.3 is 0 Å². The predicted octanol–water partition coefficient (Wildman–Crippen LogP) is 0.847. The summed E-state index contributed by atoms with van der Waals surface area (Å²) in [4.78, 5) is 26.1. The molecular weight excluding hydrogens is 294 g/mol. The normalized spacial score (nSPS) is 17.3. The van der Waals surface area contributed by atoms with Crippen molar-refractivity contribution in [3.8, 4) is 18.1 Å². The van der Waals surface area contributed by atoms with Crippen molar-refractivity contribution in [2.24, 2.45) is 0 Å². The summed E-state index contributed by atoms with van der Waals surface area (Å²) in [5.74, 6) is 2.83. The minimum absolute atomic E-state index is 0.0996. The number of rotatable bonds is 6. The molecule has 0 bridgehead atoms. The number of anilines is 1. The highest BCUT2D eigenvalue weighted by Gasteiger charge is 2.31. The van der Waals surface area contributed by atoms with E-state index in [2.05, 4.69) is 16.6 Å². The summed E-state index contributed by atoms with van der Waals surface area (Å²) in [6, 6.07) is 6.85. The molecule has 1 fully saturated rings. The fourth-order valence-corrected chi connectivity index (χ4v) is 2.60. The van der Waals surface area contributed by atoms with E-state index in [0.717, 1.165) is 25.1 Å². The van der Waals surface area contributed by atoms with E-state index in [1.165, 1.54) is 0 Å². The number of terminal acetylenes is 1. The molecule has 1 heterocycles. The maximum atomic E-state index is 12.4. The lowest BCUT2D eigenvalue weighted by Crippen LogP contribution is -2.45. The van der Waals surface area contributed by atoms with Crippen LogP contribution in [0.5, 0.6) is 5.75 Å². The lowest BCUT2D eigenvalue weighted by molar-refractivity contribution is -0.124. The van der Waals surface area contributed by atoms with E-state index < -0.39 is 0 Å². The molecule has 1 saturated heterocycles. The molecule has 0 saturated carbocycles. The molecule has 0 unspecified atom stereocenters. The minimum Gasteiger partial charge on any atom is -0.497 e. The Hall–Kier alpha value is -2.52. The standard InChI is InChI=1S/C17H21N3O3/c1-3-10-18-16(21)12-20-11-4-5-15(20)17(22)19-13-6-8-14(23-2)9-7-13/h1,6-9,15H,4-5,10-12H2,2H3,(H,18,21)(H,19,22)/t15-/m0/s1. The van der Waals surface area contributed by atoms with Gasteiger partial charge in [0.15, 0.2) is 0 Å². The Bertz CT molecular complexity index is 592. The van der Waals surface area contributed by atoms with Crippen molar-refractivity contribution in [2.45, 2.75) is 18.9 Å². The summed E-state index contributed by atoms with van der Waals surface area (Å²) in [7, 11) is 1.59. The van der Waals surface area contributed by atoms with Gasteiger partial charge in [-0.1, -0.05) is 5.92 Å². The van der Waals surface area contributed by atoms with Crippen molar-refractivity contribution >= 4 is 17.5 Å². The van der Waals surface area contributed by atoms with Crippen molar-refractivity contribution in [3.63, 3.8) is 0 Å². The number of carbonyl (C=O) groups excluding carboxylic acids is 2. The molecule has 1 aromatic rings. The molecule has 0 aromatic heterocycles. The van der Waals surface area contributed by atoms with Crippen LogP contribution in [0.2, 0.25) is 0 Å². The summed E-state index contributed by atoms with van der Waals surface area (Å²) < 4.78 is 5.09. The third kappa shape index (κ3) is 4.73. The summed E-state index contributed by atoms with van der Waals surface area (Å²) in [5.41, 5.74) is 0.708. The molecule has 6 heteroatoms.